The van der Waals surface area contributed by atoms with Crippen LogP contribution < -0.4 is 5.32 Å². The van der Waals surface area contributed by atoms with Crippen LogP contribution in [0, 0.1) is 5.92 Å². The molecule has 4 nitrogen and oxygen atoms in total. The van der Waals surface area contributed by atoms with Crippen molar-refractivity contribution in [2.24, 2.45) is 5.92 Å². The molecule has 0 radical (unpaired) electrons. The molecule has 1 saturated heterocycles. The number of anilines is 1. The SMILES string of the molecule is CC1CCN(Cc2ccc3nc(NC(=O)Cc4cccc5ccccc45)sc3c2)CC1. The molecule has 4 aromatic rings. The second-order valence-electron chi connectivity index (χ2n) is 8.64. The van der Waals surface area contributed by atoms with Crippen LogP contribution in [0.15, 0.2) is 60.7 Å². The third-order valence-corrected chi connectivity index (χ3v) is 7.15. The molecular weight excluding hydrogens is 402 g/mol. The molecule has 0 aliphatic carbocycles. The van der Waals surface area contributed by atoms with E-state index in [1.165, 1.54) is 31.5 Å². The Hall–Kier alpha value is -2.76. The second kappa shape index (κ2) is 8.77. The fourth-order valence-electron chi connectivity index (χ4n) is 4.38. The molecule has 1 aliphatic rings. The van der Waals surface area contributed by atoms with Crippen LogP contribution in [-0.2, 0) is 17.8 Å². The molecule has 1 aliphatic heterocycles. The lowest BCUT2D eigenvalue weighted by atomic mass is 9.99. The largest absolute Gasteiger partial charge is 0.302 e. The third kappa shape index (κ3) is 4.63. The van der Waals surface area contributed by atoms with E-state index in [0.29, 0.717) is 11.6 Å². The Labute approximate surface area is 186 Å². The standard InChI is InChI=1S/C26H27N3OS/c1-18-11-13-29(14-12-18)17-19-9-10-23-24(15-19)31-26(27-23)28-25(30)16-21-7-4-6-20-5-2-3-8-22(20)21/h2-10,15,18H,11-14,16-17H2,1H3,(H,27,28,30). The van der Waals surface area contributed by atoms with Gasteiger partial charge in [-0.25, -0.2) is 4.98 Å². The van der Waals surface area contributed by atoms with Gasteiger partial charge in [0, 0.05) is 6.54 Å². The maximum absolute atomic E-state index is 12.7. The smallest absolute Gasteiger partial charge is 0.230 e. The van der Waals surface area contributed by atoms with Crippen LogP contribution in [0.3, 0.4) is 0 Å². The molecule has 1 N–H and O–H groups in total. The Morgan fingerprint density at radius 3 is 2.77 bits per heavy atom. The Morgan fingerprint density at radius 2 is 1.90 bits per heavy atom. The third-order valence-electron chi connectivity index (χ3n) is 6.21. The summed E-state index contributed by atoms with van der Waals surface area (Å²) in [5.41, 5.74) is 3.30. The number of fused-ring (bicyclic) bond motifs is 2. The van der Waals surface area contributed by atoms with E-state index in [1.807, 2.05) is 24.3 Å². The molecule has 0 bridgehead atoms. The zero-order chi connectivity index (χ0) is 21.2. The number of benzene rings is 3. The molecular formula is C26H27N3OS. The van der Waals surface area contributed by atoms with Crippen LogP contribution >= 0.6 is 11.3 Å². The minimum Gasteiger partial charge on any atom is -0.302 e. The minimum atomic E-state index is -0.0296. The van der Waals surface area contributed by atoms with E-state index in [1.54, 1.807) is 11.3 Å². The van der Waals surface area contributed by atoms with Gasteiger partial charge in [0.1, 0.15) is 0 Å². The molecule has 5 heteroatoms. The fraction of sp³-hybridized carbons (Fsp3) is 0.308. The van der Waals surface area contributed by atoms with Gasteiger partial charge < -0.3 is 5.32 Å². The van der Waals surface area contributed by atoms with Crippen LogP contribution in [0.5, 0.6) is 0 Å². The number of hydrogen-bond acceptors (Lipinski definition) is 4. The van der Waals surface area contributed by atoms with Gasteiger partial charge in [-0.05, 0) is 65.9 Å². The van der Waals surface area contributed by atoms with Crippen LogP contribution in [-0.4, -0.2) is 28.9 Å². The van der Waals surface area contributed by atoms with E-state index in [9.17, 15) is 4.79 Å². The van der Waals surface area contributed by atoms with E-state index in [-0.39, 0.29) is 5.91 Å². The molecule has 0 saturated carbocycles. The first-order valence-corrected chi connectivity index (χ1v) is 11.8. The molecule has 0 spiro atoms. The van der Waals surface area contributed by atoms with Gasteiger partial charge >= 0.3 is 0 Å². The molecule has 1 amide bonds. The van der Waals surface area contributed by atoms with Gasteiger partial charge in [-0.2, -0.15) is 0 Å². The predicted molar refractivity (Wildman–Crippen MR) is 130 cm³/mol. The van der Waals surface area contributed by atoms with Crippen molar-refractivity contribution in [2.45, 2.75) is 32.7 Å². The highest BCUT2D eigenvalue weighted by Gasteiger charge is 2.16. The quantitative estimate of drug-likeness (QED) is 0.432. The molecule has 31 heavy (non-hydrogen) atoms. The van der Waals surface area contributed by atoms with Gasteiger partial charge in [-0.3, -0.25) is 9.69 Å². The number of nitrogens with zero attached hydrogens (tertiary/aromatic N) is 2. The highest BCUT2D eigenvalue weighted by molar-refractivity contribution is 7.22. The second-order valence-corrected chi connectivity index (χ2v) is 9.67. The van der Waals surface area contributed by atoms with Gasteiger partial charge in [-0.15, -0.1) is 0 Å². The maximum Gasteiger partial charge on any atom is 0.230 e. The number of piperidine rings is 1. The van der Waals surface area contributed by atoms with E-state index in [4.69, 9.17) is 0 Å². The van der Waals surface area contributed by atoms with E-state index in [2.05, 4.69) is 58.5 Å². The number of carbonyl (C=O) groups excluding carboxylic acids is 1. The number of thiazole rings is 1. The number of carbonyl (C=O) groups is 1. The summed E-state index contributed by atoms with van der Waals surface area (Å²) in [6.45, 7) is 5.69. The van der Waals surface area contributed by atoms with Gasteiger partial charge in [0.05, 0.1) is 16.6 Å². The van der Waals surface area contributed by atoms with Crippen molar-refractivity contribution >= 4 is 43.4 Å². The van der Waals surface area contributed by atoms with Crippen LogP contribution in [0.1, 0.15) is 30.9 Å². The van der Waals surface area contributed by atoms with E-state index >= 15 is 0 Å². The molecule has 0 atom stereocenters. The molecule has 5 rings (SSSR count). The van der Waals surface area contributed by atoms with Gasteiger partial charge in [0.15, 0.2) is 5.13 Å². The average molecular weight is 430 g/mol. The van der Waals surface area contributed by atoms with E-state index < -0.39 is 0 Å². The number of aromatic nitrogens is 1. The highest BCUT2D eigenvalue weighted by Crippen LogP contribution is 2.28. The van der Waals surface area contributed by atoms with Crippen molar-refractivity contribution in [1.82, 2.24) is 9.88 Å². The molecule has 3 aromatic carbocycles. The zero-order valence-corrected chi connectivity index (χ0v) is 18.6. The van der Waals surface area contributed by atoms with Crippen molar-refractivity contribution in [3.63, 3.8) is 0 Å². The lowest BCUT2D eigenvalue weighted by Gasteiger charge is -2.30. The number of hydrogen-bond donors (Lipinski definition) is 1. The molecule has 0 unspecified atom stereocenters. The van der Waals surface area contributed by atoms with Gasteiger partial charge in [0.25, 0.3) is 0 Å². The first kappa shape index (κ1) is 20.2. The Kier molecular flexibility index (Phi) is 5.70. The average Bonchev–Trinajstić information content (AvgIpc) is 3.17. The van der Waals surface area contributed by atoms with Crippen molar-refractivity contribution in [2.75, 3.05) is 18.4 Å². The first-order chi connectivity index (χ1) is 15.1. The summed E-state index contributed by atoms with van der Waals surface area (Å²) in [7, 11) is 0. The summed E-state index contributed by atoms with van der Waals surface area (Å²) in [5.74, 6) is 0.818. The lowest BCUT2D eigenvalue weighted by Crippen LogP contribution is -2.32. The molecule has 1 fully saturated rings. The zero-order valence-electron chi connectivity index (χ0n) is 17.8. The summed E-state index contributed by atoms with van der Waals surface area (Å²) in [5, 5.41) is 5.96. The van der Waals surface area contributed by atoms with Gasteiger partial charge in [-0.1, -0.05) is 66.8 Å². The van der Waals surface area contributed by atoms with Crippen LogP contribution in [0.2, 0.25) is 0 Å². The molecule has 158 valence electrons. The Bertz CT molecular complexity index is 1220. The summed E-state index contributed by atoms with van der Waals surface area (Å²) in [6.07, 6.45) is 2.92. The summed E-state index contributed by atoms with van der Waals surface area (Å²) < 4.78 is 1.13. The maximum atomic E-state index is 12.7. The van der Waals surface area contributed by atoms with Crippen LogP contribution in [0.25, 0.3) is 21.0 Å². The monoisotopic (exact) mass is 429 g/mol. The minimum absolute atomic E-state index is 0.0296. The normalized spacial score (nSPS) is 15.5. The summed E-state index contributed by atoms with van der Waals surface area (Å²) in [6, 6.07) is 20.8. The number of nitrogens with one attached hydrogen (secondary N) is 1. The van der Waals surface area contributed by atoms with Crippen molar-refractivity contribution in [1.29, 1.82) is 0 Å². The number of likely N-dealkylation sites (tertiary alicyclic amines) is 1. The summed E-state index contributed by atoms with van der Waals surface area (Å²) >= 11 is 1.55. The highest BCUT2D eigenvalue weighted by atomic mass is 32.1. The van der Waals surface area contributed by atoms with Crippen LogP contribution in [0.4, 0.5) is 5.13 Å². The predicted octanol–water partition coefficient (Wildman–Crippen LogP) is 5.86. The number of rotatable bonds is 5. The first-order valence-electron chi connectivity index (χ1n) is 11.0. The lowest BCUT2D eigenvalue weighted by molar-refractivity contribution is -0.115. The van der Waals surface area contributed by atoms with Crippen molar-refractivity contribution in [3.8, 4) is 0 Å². The molecule has 1 aromatic heterocycles. The van der Waals surface area contributed by atoms with E-state index in [0.717, 1.165) is 39.0 Å². The van der Waals surface area contributed by atoms with Gasteiger partial charge in [0.2, 0.25) is 5.91 Å². The Balaban J connectivity index is 1.27. The molecule has 2 heterocycles. The summed E-state index contributed by atoms with van der Waals surface area (Å²) in [4.78, 5) is 19.9. The number of amides is 1. The fourth-order valence-corrected chi connectivity index (χ4v) is 5.33. The van der Waals surface area contributed by atoms with Crippen molar-refractivity contribution < 1.29 is 4.79 Å². The van der Waals surface area contributed by atoms with Crippen molar-refractivity contribution in [3.05, 3.63) is 71.8 Å². The topological polar surface area (TPSA) is 45.2 Å². The Morgan fingerprint density at radius 1 is 1.10 bits per heavy atom.